The monoisotopic (exact) mass is 205 g/mol. The summed E-state index contributed by atoms with van der Waals surface area (Å²) in [5.74, 6) is 0.964. The van der Waals surface area contributed by atoms with Crippen molar-refractivity contribution in [3.8, 4) is 5.75 Å². The Morgan fingerprint density at radius 1 is 1.40 bits per heavy atom. The van der Waals surface area contributed by atoms with Crippen LogP contribution in [-0.2, 0) is 6.42 Å². The molecule has 0 aromatic heterocycles. The molecule has 0 aliphatic heterocycles. The van der Waals surface area contributed by atoms with Gasteiger partial charge in [-0.05, 0) is 50.9 Å². The molecule has 0 bridgehead atoms. The third-order valence-electron chi connectivity index (χ3n) is 3.76. The smallest absolute Gasteiger partial charge is 0.119 e. The van der Waals surface area contributed by atoms with Gasteiger partial charge < -0.3 is 10.4 Å². The van der Waals surface area contributed by atoms with Gasteiger partial charge in [-0.25, -0.2) is 0 Å². The lowest BCUT2D eigenvalue weighted by atomic mass is 9.83. The molecular formula is C13H19NO. The molecule has 1 aromatic carbocycles. The maximum absolute atomic E-state index is 9.77. The first-order chi connectivity index (χ1) is 7.06. The topological polar surface area (TPSA) is 32.3 Å². The highest BCUT2D eigenvalue weighted by Gasteiger charge is 2.35. The van der Waals surface area contributed by atoms with Crippen LogP contribution < -0.4 is 5.32 Å². The van der Waals surface area contributed by atoms with Crippen LogP contribution in [0.3, 0.4) is 0 Å². The number of fused-ring (bicyclic) bond motifs is 1. The molecule has 1 atom stereocenters. The van der Waals surface area contributed by atoms with Crippen LogP contribution in [0, 0.1) is 0 Å². The average Bonchev–Trinajstić information content (AvgIpc) is 2.63. The second-order valence-corrected chi connectivity index (χ2v) is 4.91. The minimum absolute atomic E-state index is 0.0963. The van der Waals surface area contributed by atoms with Crippen LogP contribution in [0.4, 0.5) is 0 Å². The van der Waals surface area contributed by atoms with Gasteiger partial charge in [0.15, 0.2) is 0 Å². The van der Waals surface area contributed by atoms with Gasteiger partial charge in [0.1, 0.15) is 5.75 Å². The lowest BCUT2D eigenvalue weighted by Crippen LogP contribution is -2.41. The summed E-state index contributed by atoms with van der Waals surface area (Å²) < 4.78 is 0. The summed E-state index contributed by atoms with van der Waals surface area (Å²) >= 11 is 0. The molecule has 82 valence electrons. The van der Waals surface area contributed by atoms with Crippen molar-refractivity contribution in [1.29, 1.82) is 0 Å². The van der Waals surface area contributed by atoms with E-state index in [4.69, 9.17) is 0 Å². The van der Waals surface area contributed by atoms with Crippen LogP contribution in [0.5, 0.6) is 5.75 Å². The molecule has 0 amide bonds. The predicted molar refractivity (Wildman–Crippen MR) is 62.3 cm³/mol. The van der Waals surface area contributed by atoms with E-state index in [0.717, 1.165) is 18.4 Å². The zero-order valence-electron chi connectivity index (χ0n) is 9.67. The Morgan fingerprint density at radius 2 is 2.13 bits per heavy atom. The molecule has 2 N–H and O–H groups in total. The van der Waals surface area contributed by atoms with Crippen LogP contribution in [0.2, 0.25) is 0 Å². The molecule has 0 spiro atoms. The fraction of sp³-hybridized carbons (Fsp3) is 0.538. The maximum atomic E-state index is 9.77. The summed E-state index contributed by atoms with van der Waals surface area (Å²) in [4.78, 5) is 0. The van der Waals surface area contributed by atoms with Crippen molar-refractivity contribution in [1.82, 2.24) is 5.32 Å². The van der Waals surface area contributed by atoms with Crippen LogP contribution in [0.1, 0.15) is 37.3 Å². The highest BCUT2D eigenvalue weighted by atomic mass is 16.3. The van der Waals surface area contributed by atoms with E-state index < -0.39 is 0 Å². The lowest BCUT2D eigenvalue weighted by molar-refractivity contribution is 0.341. The quantitative estimate of drug-likeness (QED) is 0.777. The molecule has 0 fully saturated rings. The lowest BCUT2D eigenvalue weighted by Gasteiger charge is -2.32. The number of benzene rings is 1. The molecule has 2 nitrogen and oxygen atoms in total. The Balaban J connectivity index is 2.41. The largest absolute Gasteiger partial charge is 0.508 e. The highest BCUT2D eigenvalue weighted by Crippen LogP contribution is 2.43. The van der Waals surface area contributed by atoms with Gasteiger partial charge in [0.25, 0.3) is 0 Å². The van der Waals surface area contributed by atoms with Gasteiger partial charge in [0.05, 0.1) is 0 Å². The molecule has 2 heteroatoms. The molecule has 0 saturated heterocycles. The average molecular weight is 205 g/mol. The Kier molecular flexibility index (Phi) is 2.47. The maximum Gasteiger partial charge on any atom is 0.119 e. The Morgan fingerprint density at radius 3 is 2.80 bits per heavy atom. The third-order valence-corrected chi connectivity index (χ3v) is 3.76. The first-order valence-corrected chi connectivity index (χ1v) is 5.56. The molecule has 1 aliphatic rings. The zero-order chi connectivity index (χ0) is 11.1. The Bertz CT molecular complexity index is 371. The number of hydrogen-bond acceptors (Lipinski definition) is 2. The molecule has 2 rings (SSSR count). The number of hydrogen-bond donors (Lipinski definition) is 2. The van der Waals surface area contributed by atoms with Crippen molar-refractivity contribution in [3.05, 3.63) is 29.3 Å². The number of phenolic OH excluding ortho intramolecular Hbond substituents is 1. The predicted octanol–water partition coefficient (Wildman–Crippen LogP) is 2.42. The van der Waals surface area contributed by atoms with Crippen molar-refractivity contribution in [2.45, 2.75) is 38.1 Å². The van der Waals surface area contributed by atoms with Gasteiger partial charge in [-0.3, -0.25) is 0 Å². The van der Waals surface area contributed by atoms with E-state index in [0.29, 0.717) is 11.7 Å². The van der Waals surface area contributed by atoms with Crippen LogP contribution in [0.25, 0.3) is 0 Å². The molecule has 0 heterocycles. The summed E-state index contributed by atoms with van der Waals surface area (Å²) in [5.41, 5.74) is 2.55. The molecule has 0 saturated carbocycles. The normalized spacial score (nSPS) is 20.3. The first-order valence-electron chi connectivity index (χ1n) is 5.56. The standard InChI is InChI=1S/C13H19NO/c1-13(2,14-3)11-8-7-10-9(11)5-4-6-12(10)15/h4-6,11,14-15H,7-8H2,1-3H3. The van der Waals surface area contributed by atoms with Crippen molar-refractivity contribution in [2.24, 2.45) is 0 Å². The van der Waals surface area contributed by atoms with Crippen LogP contribution >= 0.6 is 0 Å². The van der Waals surface area contributed by atoms with Crippen molar-refractivity contribution < 1.29 is 5.11 Å². The van der Waals surface area contributed by atoms with E-state index >= 15 is 0 Å². The molecule has 1 aromatic rings. The molecule has 0 radical (unpaired) electrons. The Labute approximate surface area is 91.3 Å². The van der Waals surface area contributed by atoms with Gasteiger partial charge in [0, 0.05) is 11.5 Å². The van der Waals surface area contributed by atoms with Gasteiger partial charge in [-0.1, -0.05) is 12.1 Å². The fourth-order valence-electron chi connectivity index (χ4n) is 2.56. The van der Waals surface area contributed by atoms with E-state index in [1.165, 1.54) is 5.56 Å². The van der Waals surface area contributed by atoms with Crippen molar-refractivity contribution in [2.75, 3.05) is 7.05 Å². The van der Waals surface area contributed by atoms with E-state index in [9.17, 15) is 5.11 Å². The minimum atomic E-state index is 0.0963. The van der Waals surface area contributed by atoms with E-state index in [1.54, 1.807) is 6.07 Å². The molecule has 1 aliphatic carbocycles. The van der Waals surface area contributed by atoms with Crippen LogP contribution in [-0.4, -0.2) is 17.7 Å². The number of phenols is 1. The van der Waals surface area contributed by atoms with E-state index in [1.807, 2.05) is 13.1 Å². The SMILES string of the molecule is CNC(C)(C)C1CCc2c(O)cccc21. The summed E-state index contributed by atoms with van der Waals surface area (Å²) in [6.07, 6.45) is 2.12. The first kappa shape index (κ1) is 10.5. The number of aromatic hydroxyl groups is 1. The highest BCUT2D eigenvalue weighted by molar-refractivity contribution is 5.45. The summed E-state index contributed by atoms with van der Waals surface area (Å²) in [6.45, 7) is 4.44. The summed E-state index contributed by atoms with van der Waals surface area (Å²) in [5, 5.41) is 13.1. The van der Waals surface area contributed by atoms with Crippen LogP contribution in [0.15, 0.2) is 18.2 Å². The second kappa shape index (κ2) is 3.53. The van der Waals surface area contributed by atoms with Crippen molar-refractivity contribution >= 4 is 0 Å². The summed E-state index contributed by atoms with van der Waals surface area (Å²) in [6, 6.07) is 5.87. The minimum Gasteiger partial charge on any atom is -0.508 e. The van der Waals surface area contributed by atoms with E-state index in [-0.39, 0.29) is 5.54 Å². The molecular weight excluding hydrogens is 186 g/mol. The Hall–Kier alpha value is -1.02. The van der Waals surface area contributed by atoms with E-state index in [2.05, 4.69) is 25.2 Å². The van der Waals surface area contributed by atoms with Gasteiger partial charge in [-0.15, -0.1) is 0 Å². The van der Waals surface area contributed by atoms with Gasteiger partial charge in [-0.2, -0.15) is 0 Å². The number of rotatable bonds is 2. The van der Waals surface area contributed by atoms with Crippen molar-refractivity contribution in [3.63, 3.8) is 0 Å². The molecule has 1 unspecified atom stereocenters. The zero-order valence-corrected chi connectivity index (χ0v) is 9.67. The third kappa shape index (κ3) is 1.63. The van der Waals surface area contributed by atoms with Gasteiger partial charge >= 0.3 is 0 Å². The van der Waals surface area contributed by atoms with Gasteiger partial charge in [0.2, 0.25) is 0 Å². The second-order valence-electron chi connectivity index (χ2n) is 4.91. The fourth-order valence-corrected chi connectivity index (χ4v) is 2.56. The molecule has 15 heavy (non-hydrogen) atoms. The number of likely N-dealkylation sites (N-methyl/N-ethyl adjacent to an activating group) is 1. The number of nitrogens with one attached hydrogen (secondary N) is 1. The summed E-state index contributed by atoms with van der Waals surface area (Å²) in [7, 11) is 2.00.